The molecule has 122 valence electrons. The van der Waals surface area contributed by atoms with E-state index >= 15 is 0 Å². The van der Waals surface area contributed by atoms with Crippen molar-refractivity contribution in [2.24, 2.45) is 11.3 Å². The topological polar surface area (TPSA) is 71.1 Å². The summed E-state index contributed by atoms with van der Waals surface area (Å²) >= 11 is 0. The third kappa shape index (κ3) is 2.19. The fourth-order valence-electron chi connectivity index (χ4n) is 3.91. The van der Waals surface area contributed by atoms with Gasteiger partial charge in [-0.15, -0.1) is 0 Å². The van der Waals surface area contributed by atoms with E-state index in [-0.39, 0.29) is 29.1 Å². The number of benzene rings is 1. The molecule has 2 heterocycles. The fraction of sp³-hybridized carbons (Fsp3) is 0.316. The Bertz CT molecular complexity index is 830. The van der Waals surface area contributed by atoms with E-state index in [1.54, 1.807) is 18.5 Å². The summed E-state index contributed by atoms with van der Waals surface area (Å²) in [7, 11) is 0. The van der Waals surface area contributed by atoms with E-state index in [9.17, 15) is 9.59 Å². The predicted octanol–water partition coefficient (Wildman–Crippen LogP) is 2.70. The number of hydrogen-bond donors (Lipinski definition) is 2. The molecule has 2 amide bonds. The van der Waals surface area contributed by atoms with Gasteiger partial charge in [0.15, 0.2) is 0 Å². The number of hydrogen-bond acceptors (Lipinski definition) is 3. The first-order chi connectivity index (χ1) is 11.5. The minimum absolute atomic E-state index is 0.0325. The number of amides is 2. The van der Waals surface area contributed by atoms with Crippen molar-refractivity contribution in [3.05, 3.63) is 59.4 Å². The molecule has 0 saturated heterocycles. The summed E-state index contributed by atoms with van der Waals surface area (Å²) in [6.45, 7) is 4.72. The number of aromatic nitrogens is 1. The molecule has 1 fully saturated rings. The van der Waals surface area contributed by atoms with Crippen LogP contribution in [0.1, 0.15) is 41.3 Å². The van der Waals surface area contributed by atoms with Gasteiger partial charge in [-0.1, -0.05) is 26.0 Å². The van der Waals surface area contributed by atoms with Crippen molar-refractivity contribution in [1.29, 1.82) is 0 Å². The van der Waals surface area contributed by atoms with Gasteiger partial charge in [-0.3, -0.25) is 14.6 Å². The highest BCUT2D eigenvalue weighted by molar-refractivity contribution is 6.07. The smallest absolute Gasteiger partial charge is 0.254 e. The zero-order chi connectivity index (χ0) is 16.9. The van der Waals surface area contributed by atoms with Crippen molar-refractivity contribution in [3.8, 4) is 0 Å². The van der Waals surface area contributed by atoms with E-state index in [4.69, 9.17) is 0 Å². The molecule has 2 aromatic rings. The van der Waals surface area contributed by atoms with Gasteiger partial charge in [0.1, 0.15) is 0 Å². The molecule has 0 unspecified atom stereocenters. The number of pyridine rings is 1. The number of anilines is 1. The summed E-state index contributed by atoms with van der Waals surface area (Å²) in [5.74, 6) is -0.0946. The Balaban J connectivity index is 1.58. The maximum Gasteiger partial charge on any atom is 0.254 e. The van der Waals surface area contributed by atoms with Crippen LogP contribution in [-0.2, 0) is 11.3 Å². The molecule has 5 heteroatoms. The van der Waals surface area contributed by atoms with E-state index in [0.717, 1.165) is 11.1 Å². The number of nitrogens with one attached hydrogen (secondary N) is 2. The number of carbonyl (C=O) groups excluding carboxylic acids is 2. The lowest BCUT2D eigenvalue weighted by Gasteiger charge is -2.09. The highest BCUT2D eigenvalue weighted by atomic mass is 16.2. The first-order valence-electron chi connectivity index (χ1n) is 8.11. The van der Waals surface area contributed by atoms with Gasteiger partial charge in [-0.25, -0.2) is 0 Å². The molecule has 0 radical (unpaired) electrons. The molecule has 24 heavy (non-hydrogen) atoms. The highest BCUT2D eigenvalue weighted by Gasteiger charge is 2.62. The van der Waals surface area contributed by atoms with Crippen molar-refractivity contribution in [2.45, 2.75) is 26.3 Å². The van der Waals surface area contributed by atoms with Crippen LogP contribution in [0.3, 0.4) is 0 Å². The molecule has 1 aromatic carbocycles. The van der Waals surface area contributed by atoms with Crippen LogP contribution in [0, 0.1) is 11.3 Å². The summed E-state index contributed by atoms with van der Waals surface area (Å²) in [4.78, 5) is 28.9. The SMILES string of the molecule is CC1(C)[C@H](C(=O)Nc2cccc3c2C(=O)NC3)[C@H]1c1ccncc1. The molecule has 4 rings (SSSR count). The summed E-state index contributed by atoms with van der Waals surface area (Å²) < 4.78 is 0. The van der Waals surface area contributed by atoms with E-state index < -0.39 is 0 Å². The minimum Gasteiger partial charge on any atom is -0.348 e. The van der Waals surface area contributed by atoms with Crippen molar-refractivity contribution in [2.75, 3.05) is 5.32 Å². The Kier molecular flexibility index (Phi) is 3.20. The van der Waals surface area contributed by atoms with Crippen LogP contribution in [0.4, 0.5) is 5.69 Å². The Labute approximate surface area is 140 Å². The molecule has 2 N–H and O–H groups in total. The third-order valence-corrected chi connectivity index (χ3v) is 5.25. The number of fused-ring (bicyclic) bond motifs is 1. The largest absolute Gasteiger partial charge is 0.348 e. The molecule has 5 nitrogen and oxygen atoms in total. The molecular weight excluding hydrogens is 302 g/mol. The van der Waals surface area contributed by atoms with E-state index in [1.807, 2.05) is 24.3 Å². The predicted molar refractivity (Wildman–Crippen MR) is 90.5 cm³/mol. The van der Waals surface area contributed by atoms with Gasteiger partial charge in [0.05, 0.1) is 17.2 Å². The van der Waals surface area contributed by atoms with Gasteiger partial charge >= 0.3 is 0 Å². The van der Waals surface area contributed by atoms with Crippen LogP contribution in [-0.4, -0.2) is 16.8 Å². The van der Waals surface area contributed by atoms with Gasteiger partial charge in [0, 0.05) is 24.9 Å². The summed E-state index contributed by atoms with van der Waals surface area (Å²) in [6, 6.07) is 9.50. The standard InChI is InChI=1S/C19H19N3O2/c1-19(2)15(11-6-8-20-9-7-11)16(19)18(24)22-13-5-3-4-12-10-21-17(23)14(12)13/h3-9,15-16H,10H2,1-2H3,(H,21,23)(H,22,24)/t15-,16+/m1/s1. The van der Waals surface area contributed by atoms with Crippen LogP contribution in [0.25, 0.3) is 0 Å². The third-order valence-electron chi connectivity index (χ3n) is 5.25. The quantitative estimate of drug-likeness (QED) is 0.913. The van der Waals surface area contributed by atoms with Crippen molar-refractivity contribution in [3.63, 3.8) is 0 Å². The molecule has 1 aliphatic heterocycles. The molecule has 2 aliphatic rings. The normalized spacial score (nSPS) is 23.3. The molecule has 0 bridgehead atoms. The van der Waals surface area contributed by atoms with Gasteiger partial charge in [-0.2, -0.15) is 0 Å². The lowest BCUT2D eigenvalue weighted by molar-refractivity contribution is -0.118. The Hall–Kier alpha value is -2.69. The van der Waals surface area contributed by atoms with Crippen LogP contribution in [0.2, 0.25) is 0 Å². The van der Waals surface area contributed by atoms with E-state index in [2.05, 4.69) is 29.5 Å². The Morgan fingerprint density at radius 1 is 1.25 bits per heavy atom. The van der Waals surface area contributed by atoms with E-state index in [1.165, 1.54) is 0 Å². The number of rotatable bonds is 3. The second-order valence-electron chi connectivity index (χ2n) is 7.07. The van der Waals surface area contributed by atoms with Crippen molar-refractivity contribution >= 4 is 17.5 Å². The fourth-order valence-corrected chi connectivity index (χ4v) is 3.91. The Morgan fingerprint density at radius 3 is 2.75 bits per heavy atom. The van der Waals surface area contributed by atoms with Gasteiger partial charge < -0.3 is 10.6 Å². The second-order valence-corrected chi connectivity index (χ2v) is 7.07. The van der Waals surface area contributed by atoms with Gasteiger partial charge in [0.25, 0.3) is 5.91 Å². The lowest BCUT2D eigenvalue weighted by Crippen LogP contribution is -2.20. The summed E-state index contributed by atoms with van der Waals surface area (Å²) in [5.41, 5.74) is 3.14. The maximum atomic E-state index is 12.8. The zero-order valence-electron chi connectivity index (χ0n) is 13.7. The van der Waals surface area contributed by atoms with Crippen molar-refractivity contribution in [1.82, 2.24) is 10.3 Å². The van der Waals surface area contributed by atoms with Gasteiger partial charge in [-0.05, 0) is 34.7 Å². The lowest BCUT2D eigenvalue weighted by atomic mass is 10.0. The van der Waals surface area contributed by atoms with Gasteiger partial charge in [0.2, 0.25) is 5.91 Å². The van der Waals surface area contributed by atoms with Crippen molar-refractivity contribution < 1.29 is 9.59 Å². The molecule has 1 aromatic heterocycles. The zero-order valence-corrected chi connectivity index (χ0v) is 13.7. The minimum atomic E-state index is -0.123. The van der Waals surface area contributed by atoms with Crippen LogP contribution in [0.15, 0.2) is 42.7 Å². The van der Waals surface area contributed by atoms with Crippen LogP contribution < -0.4 is 10.6 Å². The highest BCUT2D eigenvalue weighted by Crippen LogP contribution is 2.64. The molecule has 1 aliphatic carbocycles. The second kappa shape index (κ2) is 5.16. The first kappa shape index (κ1) is 14.9. The average molecular weight is 321 g/mol. The maximum absolute atomic E-state index is 12.8. The summed E-state index contributed by atoms with van der Waals surface area (Å²) in [6.07, 6.45) is 3.51. The van der Waals surface area contributed by atoms with Crippen LogP contribution in [0.5, 0.6) is 0 Å². The molecule has 0 spiro atoms. The number of nitrogens with zero attached hydrogens (tertiary/aromatic N) is 1. The number of carbonyl (C=O) groups is 2. The molecule has 2 atom stereocenters. The first-order valence-corrected chi connectivity index (χ1v) is 8.11. The van der Waals surface area contributed by atoms with E-state index in [0.29, 0.717) is 17.8 Å². The van der Waals surface area contributed by atoms with Crippen LogP contribution >= 0.6 is 0 Å². The molecular formula is C19H19N3O2. The monoisotopic (exact) mass is 321 g/mol. The molecule has 1 saturated carbocycles. The average Bonchev–Trinajstić information content (AvgIpc) is 2.94. The summed E-state index contributed by atoms with van der Waals surface area (Å²) in [5, 5.41) is 5.77. The Morgan fingerprint density at radius 2 is 2.00 bits per heavy atom.